The molecule has 0 aliphatic carbocycles. The number of hydrogen-bond donors (Lipinski definition) is 1. The molecule has 192 valence electrons. The van der Waals surface area contributed by atoms with Gasteiger partial charge in [0.2, 0.25) is 5.91 Å². The Balaban J connectivity index is 1.20. The molecule has 2 aliphatic heterocycles. The zero-order valence-electron chi connectivity index (χ0n) is 20.4. The van der Waals surface area contributed by atoms with Crippen molar-refractivity contribution in [3.63, 3.8) is 0 Å². The molecule has 3 aromatic heterocycles. The van der Waals surface area contributed by atoms with Crippen molar-refractivity contribution in [2.24, 2.45) is 0 Å². The molecule has 2 aliphatic rings. The van der Waals surface area contributed by atoms with Crippen LogP contribution in [0.1, 0.15) is 50.7 Å². The lowest BCUT2D eigenvalue weighted by Crippen LogP contribution is -2.46. The summed E-state index contributed by atoms with van der Waals surface area (Å²) in [4.78, 5) is 50.6. The molecule has 3 amide bonds. The van der Waals surface area contributed by atoms with Crippen LogP contribution in [0.5, 0.6) is 0 Å². The van der Waals surface area contributed by atoms with Crippen LogP contribution < -0.4 is 5.32 Å². The first-order valence-corrected chi connectivity index (χ1v) is 13.2. The van der Waals surface area contributed by atoms with Crippen LogP contribution in [0.4, 0.5) is 5.82 Å². The largest absolute Gasteiger partial charge is 0.366 e. The molecule has 1 saturated heterocycles. The number of imide groups is 1. The summed E-state index contributed by atoms with van der Waals surface area (Å²) < 4.78 is 2.52. The van der Waals surface area contributed by atoms with E-state index in [1.807, 2.05) is 24.4 Å². The highest BCUT2D eigenvalue weighted by Crippen LogP contribution is 2.30. The zero-order valence-corrected chi connectivity index (χ0v) is 22.0. The number of likely N-dealkylation sites (tertiary alicyclic amines) is 1. The van der Waals surface area contributed by atoms with E-state index in [9.17, 15) is 14.4 Å². The minimum Gasteiger partial charge on any atom is -0.366 e. The van der Waals surface area contributed by atoms with E-state index < -0.39 is 11.8 Å². The van der Waals surface area contributed by atoms with E-state index in [-0.39, 0.29) is 18.4 Å². The van der Waals surface area contributed by atoms with Crippen molar-refractivity contribution in [1.29, 1.82) is 0 Å². The van der Waals surface area contributed by atoms with Crippen LogP contribution in [-0.4, -0.2) is 66.7 Å². The molecule has 0 bridgehead atoms. The summed E-state index contributed by atoms with van der Waals surface area (Å²) in [6.07, 6.45) is 6.92. The second-order valence-electron chi connectivity index (χ2n) is 9.43. The quantitative estimate of drug-likeness (QED) is 0.351. The average Bonchev–Trinajstić information content (AvgIpc) is 3.45. The fourth-order valence-corrected chi connectivity index (χ4v) is 5.40. The van der Waals surface area contributed by atoms with Crippen molar-refractivity contribution in [3.8, 4) is 0 Å². The zero-order chi connectivity index (χ0) is 26.2. The molecule has 0 saturated carbocycles. The van der Waals surface area contributed by atoms with Gasteiger partial charge in [0, 0.05) is 44.0 Å². The molecule has 1 aromatic carbocycles. The number of benzene rings is 1. The van der Waals surface area contributed by atoms with Gasteiger partial charge in [0.25, 0.3) is 11.8 Å². The van der Waals surface area contributed by atoms with Crippen molar-refractivity contribution >= 4 is 45.1 Å². The van der Waals surface area contributed by atoms with Gasteiger partial charge in [-0.25, -0.2) is 4.98 Å². The molecule has 1 atom stereocenters. The second-order valence-corrected chi connectivity index (χ2v) is 10.3. The summed E-state index contributed by atoms with van der Waals surface area (Å²) in [5, 5.41) is 7.88. The van der Waals surface area contributed by atoms with E-state index in [1.165, 1.54) is 0 Å². The Morgan fingerprint density at radius 1 is 1.08 bits per heavy atom. The third-order valence-corrected chi connectivity index (χ3v) is 7.57. The minimum absolute atomic E-state index is 0.000574. The molecule has 1 fully saturated rings. The van der Waals surface area contributed by atoms with Gasteiger partial charge in [0.1, 0.15) is 12.4 Å². The highest BCUT2D eigenvalue weighted by molar-refractivity contribution is 9.10. The molecule has 5 heterocycles. The third-order valence-electron chi connectivity index (χ3n) is 7.01. The second kappa shape index (κ2) is 9.97. The topological polar surface area (TPSA) is 113 Å². The van der Waals surface area contributed by atoms with Crippen molar-refractivity contribution in [2.45, 2.75) is 25.3 Å². The Morgan fingerprint density at radius 2 is 1.87 bits per heavy atom. The number of amides is 3. The Hall–Kier alpha value is -4.12. The van der Waals surface area contributed by atoms with Crippen LogP contribution in [0.3, 0.4) is 0 Å². The molecule has 0 spiro atoms. The van der Waals surface area contributed by atoms with Crippen molar-refractivity contribution < 1.29 is 14.4 Å². The Labute approximate surface area is 226 Å². The molecule has 10 nitrogen and oxygen atoms in total. The maximum absolute atomic E-state index is 13.2. The van der Waals surface area contributed by atoms with Crippen LogP contribution >= 0.6 is 15.9 Å². The van der Waals surface area contributed by atoms with Gasteiger partial charge in [-0.05, 0) is 52.5 Å². The molecule has 38 heavy (non-hydrogen) atoms. The Bertz CT molecular complexity index is 1520. The maximum Gasteiger partial charge on any atom is 0.262 e. The number of carbonyl (C=O) groups is 3. The predicted molar refractivity (Wildman–Crippen MR) is 143 cm³/mol. The number of nitrogens with zero attached hydrogens (tertiary/aromatic N) is 6. The summed E-state index contributed by atoms with van der Waals surface area (Å²) in [5.74, 6) is -0.301. The number of halogens is 1. The summed E-state index contributed by atoms with van der Waals surface area (Å²) in [5.41, 5.74) is 3.26. The van der Waals surface area contributed by atoms with Crippen LogP contribution in [-0.2, 0) is 11.3 Å². The Kier molecular flexibility index (Phi) is 6.36. The number of piperidine rings is 1. The summed E-state index contributed by atoms with van der Waals surface area (Å²) in [6, 6.07) is 12.5. The molecule has 1 unspecified atom stereocenters. The Morgan fingerprint density at radius 3 is 2.61 bits per heavy atom. The number of fused-ring (bicyclic) bond motifs is 2. The van der Waals surface area contributed by atoms with E-state index in [0.717, 1.165) is 39.3 Å². The SMILES string of the molecule is O=C(CN1C(=O)c2ccccc2C1=O)N1CCCC(c2cc(NCc3cccnc3)n3ncc(Br)c3n2)C1. The fourth-order valence-electron chi connectivity index (χ4n) is 5.05. The summed E-state index contributed by atoms with van der Waals surface area (Å²) in [7, 11) is 0. The first-order chi connectivity index (χ1) is 18.5. The van der Waals surface area contributed by atoms with Crippen molar-refractivity contribution in [3.05, 3.63) is 87.9 Å². The van der Waals surface area contributed by atoms with Crippen LogP contribution in [0, 0.1) is 0 Å². The van der Waals surface area contributed by atoms with Gasteiger partial charge < -0.3 is 10.2 Å². The third kappa shape index (κ3) is 4.43. The van der Waals surface area contributed by atoms with E-state index >= 15 is 0 Å². The highest BCUT2D eigenvalue weighted by atomic mass is 79.9. The maximum atomic E-state index is 13.2. The first-order valence-electron chi connectivity index (χ1n) is 12.4. The van der Waals surface area contributed by atoms with E-state index in [2.05, 4.69) is 31.3 Å². The fraction of sp³-hybridized carbons (Fsp3) is 0.259. The number of hydrogen-bond acceptors (Lipinski definition) is 7. The van der Waals surface area contributed by atoms with Gasteiger partial charge in [0.15, 0.2) is 5.65 Å². The molecule has 1 N–H and O–H groups in total. The molecule has 11 heteroatoms. The normalized spacial score (nSPS) is 17.2. The highest BCUT2D eigenvalue weighted by Gasteiger charge is 2.38. The van der Waals surface area contributed by atoms with Gasteiger partial charge in [-0.15, -0.1) is 0 Å². The number of nitrogens with one attached hydrogen (secondary N) is 1. The van der Waals surface area contributed by atoms with Gasteiger partial charge in [-0.2, -0.15) is 9.61 Å². The van der Waals surface area contributed by atoms with Crippen molar-refractivity contribution in [2.75, 3.05) is 25.0 Å². The van der Waals surface area contributed by atoms with Crippen molar-refractivity contribution in [1.82, 2.24) is 29.4 Å². The lowest BCUT2D eigenvalue weighted by atomic mass is 9.94. The van der Waals surface area contributed by atoms with Gasteiger partial charge in [-0.3, -0.25) is 24.3 Å². The number of aromatic nitrogens is 4. The minimum atomic E-state index is -0.422. The lowest BCUT2D eigenvalue weighted by molar-refractivity contribution is -0.132. The van der Waals surface area contributed by atoms with E-state index in [1.54, 1.807) is 46.1 Å². The monoisotopic (exact) mass is 573 g/mol. The smallest absolute Gasteiger partial charge is 0.262 e. The van der Waals surface area contributed by atoms with Crippen LogP contribution in [0.25, 0.3) is 5.65 Å². The van der Waals surface area contributed by atoms with E-state index in [4.69, 9.17) is 4.98 Å². The molecule has 6 rings (SSSR count). The predicted octanol–water partition coefficient (Wildman–Crippen LogP) is 3.50. The number of pyridine rings is 1. The number of anilines is 1. The van der Waals surface area contributed by atoms with Gasteiger partial charge in [0.05, 0.1) is 27.5 Å². The number of rotatable bonds is 6. The van der Waals surface area contributed by atoms with Crippen LogP contribution in [0.2, 0.25) is 0 Å². The standard InChI is InChI=1S/C27H24BrN7O3/c28-21-14-31-35-23(30-13-17-5-3-9-29-12-17)11-22(32-25(21)35)18-6-4-10-33(15-18)24(36)16-34-26(37)19-7-1-2-8-20(19)27(34)38/h1-3,5,7-9,11-12,14,18,30H,4,6,10,13,15-16H2. The van der Waals surface area contributed by atoms with Gasteiger partial charge >= 0.3 is 0 Å². The average molecular weight is 574 g/mol. The summed E-state index contributed by atoms with van der Waals surface area (Å²) in [6.45, 7) is 1.33. The van der Waals surface area contributed by atoms with Gasteiger partial charge in [-0.1, -0.05) is 18.2 Å². The number of carbonyl (C=O) groups excluding carboxylic acids is 3. The first kappa shape index (κ1) is 24.2. The molecule has 0 radical (unpaired) electrons. The molecular weight excluding hydrogens is 550 g/mol. The van der Waals surface area contributed by atoms with Crippen LogP contribution in [0.15, 0.2) is 65.5 Å². The summed E-state index contributed by atoms with van der Waals surface area (Å²) >= 11 is 3.55. The van der Waals surface area contributed by atoms with E-state index in [0.29, 0.717) is 36.4 Å². The molecular formula is C27H24BrN7O3. The molecule has 4 aromatic rings. The lowest BCUT2D eigenvalue weighted by Gasteiger charge is -2.33.